The minimum absolute atomic E-state index is 0.205. The second-order valence-corrected chi connectivity index (χ2v) is 4.32. The average molecular weight is 208 g/mol. The van der Waals surface area contributed by atoms with Crippen LogP contribution in [0.25, 0.3) is 0 Å². The maximum Gasteiger partial charge on any atom is 0.0562 e. The summed E-state index contributed by atoms with van der Waals surface area (Å²) >= 11 is 1.80. The first-order valence-electron chi connectivity index (χ1n) is 4.80. The van der Waals surface area contributed by atoms with Gasteiger partial charge in [-0.3, -0.25) is 11.3 Å². The Labute approximate surface area is 89.5 Å². The van der Waals surface area contributed by atoms with Gasteiger partial charge in [-0.25, -0.2) is 0 Å². The fourth-order valence-electron chi connectivity index (χ4n) is 1.31. The Kier molecular flexibility index (Phi) is 4.68. The Morgan fingerprint density at radius 3 is 2.93 bits per heavy atom. The molecule has 0 aliphatic heterocycles. The van der Waals surface area contributed by atoms with Gasteiger partial charge in [-0.05, 0) is 25.0 Å². The first-order valence-corrected chi connectivity index (χ1v) is 5.61. The topological polar surface area (TPSA) is 38.0 Å². The van der Waals surface area contributed by atoms with Crippen LogP contribution in [0.3, 0.4) is 0 Å². The minimum Gasteiger partial charge on any atom is -0.271 e. The van der Waals surface area contributed by atoms with E-state index in [1.165, 1.54) is 9.75 Å². The van der Waals surface area contributed by atoms with E-state index in [2.05, 4.69) is 30.4 Å². The third kappa shape index (κ3) is 2.85. The van der Waals surface area contributed by atoms with Gasteiger partial charge in [0.2, 0.25) is 0 Å². The standard InChI is InChI=1S/C11H16N2S/c1-3-5-6-10(13-12)11-8-7-9(4-2)14-11/h1,7-8,10,13H,4-6,12H2,2H3. The van der Waals surface area contributed by atoms with Gasteiger partial charge in [-0.15, -0.1) is 23.7 Å². The number of thiophene rings is 1. The third-order valence-corrected chi connectivity index (χ3v) is 3.50. The summed E-state index contributed by atoms with van der Waals surface area (Å²) in [6, 6.07) is 4.49. The zero-order valence-electron chi connectivity index (χ0n) is 8.42. The van der Waals surface area contributed by atoms with Crippen molar-refractivity contribution in [3.05, 3.63) is 21.9 Å². The van der Waals surface area contributed by atoms with Gasteiger partial charge < -0.3 is 0 Å². The summed E-state index contributed by atoms with van der Waals surface area (Å²) in [7, 11) is 0. The first-order chi connectivity index (χ1) is 6.81. The van der Waals surface area contributed by atoms with Crippen LogP contribution in [0.15, 0.2) is 12.1 Å². The van der Waals surface area contributed by atoms with Gasteiger partial charge in [0.25, 0.3) is 0 Å². The van der Waals surface area contributed by atoms with E-state index in [1.807, 2.05) is 0 Å². The molecule has 3 heteroatoms. The van der Waals surface area contributed by atoms with Crippen molar-refractivity contribution in [3.63, 3.8) is 0 Å². The van der Waals surface area contributed by atoms with Crippen LogP contribution < -0.4 is 11.3 Å². The molecule has 0 aliphatic rings. The number of aryl methyl sites for hydroxylation is 1. The molecule has 0 aliphatic carbocycles. The summed E-state index contributed by atoms with van der Waals surface area (Å²) in [5.41, 5.74) is 2.81. The molecule has 0 fully saturated rings. The molecule has 2 nitrogen and oxygen atoms in total. The lowest BCUT2D eigenvalue weighted by molar-refractivity contribution is 0.532. The molecule has 0 radical (unpaired) electrons. The van der Waals surface area contributed by atoms with Gasteiger partial charge in [-0.2, -0.15) is 0 Å². The lowest BCUT2D eigenvalue weighted by Gasteiger charge is -2.11. The van der Waals surface area contributed by atoms with Gasteiger partial charge in [0.15, 0.2) is 0 Å². The Bertz CT molecular complexity index is 311. The average Bonchev–Trinajstić information content (AvgIpc) is 2.68. The van der Waals surface area contributed by atoms with E-state index in [0.29, 0.717) is 0 Å². The van der Waals surface area contributed by atoms with Crippen LogP contribution in [0, 0.1) is 12.3 Å². The van der Waals surface area contributed by atoms with Crippen LogP contribution in [0.2, 0.25) is 0 Å². The summed E-state index contributed by atoms with van der Waals surface area (Å²) in [6.45, 7) is 2.15. The van der Waals surface area contributed by atoms with Gasteiger partial charge in [0.1, 0.15) is 0 Å². The predicted octanol–water partition coefficient (Wildman–Crippen LogP) is 2.23. The number of hydrogen-bond acceptors (Lipinski definition) is 3. The van der Waals surface area contributed by atoms with Crippen LogP contribution in [-0.4, -0.2) is 0 Å². The smallest absolute Gasteiger partial charge is 0.0562 e. The van der Waals surface area contributed by atoms with E-state index in [9.17, 15) is 0 Å². The highest BCUT2D eigenvalue weighted by Crippen LogP contribution is 2.26. The maximum atomic E-state index is 5.48. The van der Waals surface area contributed by atoms with E-state index in [-0.39, 0.29) is 6.04 Å². The lowest BCUT2D eigenvalue weighted by Crippen LogP contribution is -2.27. The SMILES string of the molecule is C#CCCC(NN)c1ccc(CC)s1. The molecule has 0 bridgehead atoms. The highest BCUT2D eigenvalue weighted by molar-refractivity contribution is 7.12. The van der Waals surface area contributed by atoms with Crippen molar-refractivity contribution >= 4 is 11.3 Å². The fraction of sp³-hybridized carbons (Fsp3) is 0.455. The number of hydrogen-bond donors (Lipinski definition) is 2. The van der Waals surface area contributed by atoms with Crippen molar-refractivity contribution in [2.45, 2.75) is 32.2 Å². The molecule has 1 unspecified atom stereocenters. The largest absolute Gasteiger partial charge is 0.271 e. The Morgan fingerprint density at radius 1 is 1.64 bits per heavy atom. The van der Waals surface area contributed by atoms with Gasteiger partial charge in [0.05, 0.1) is 6.04 Å². The quantitative estimate of drug-likeness (QED) is 0.442. The van der Waals surface area contributed by atoms with Crippen molar-refractivity contribution in [2.75, 3.05) is 0 Å². The summed E-state index contributed by atoms with van der Waals surface area (Å²) < 4.78 is 0. The molecule has 0 saturated carbocycles. The van der Waals surface area contributed by atoms with Gasteiger partial charge in [-0.1, -0.05) is 6.92 Å². The normalized spacial score (nSPS) is 12.4. The van der Waals surface area contributed by atoms with E-state index in [4.69, 9.17) is 12.3 Å². The fourth-order valence-corrected chi connectivity index (χ4v) is 2.35. The summed E-state index contributed by atoms with van der Waals surface area (Å²) in [5, 5.41) is 0. The zero-order valence-corrected chi connectivity index (χ0v) is 9.23. The molecule has 76 valence electrons. The molecule has 1 atom stereocenters. The molecular weight excluding hydrogens is 192 g/mol. The van der Waals surface area contributed by atoms with E-state index < -0.39 is 0 Å². The highest BCUT2D eigenvalue weighted by Gasteiger charge is 2.10. The number of terminal acetylenes is 1. The van der Waals surface area contributed by atoms with Crippen LogP contribution in [-0.2, 0) is 6.42 Å². The molecule has 1 aromatic rings. The summed E-state index contributed by atoms with van der Waals surface area (Å²) in [5.74, 6) is 8.12. The predicted molar refractivity (Wildman–Crippen MR) is 61.8 cm³/mol. The maximum absolute atomic E-state index is 5.48. The monoisotopic (exact) mass is 208 g/mol. The molecule has 14 heavy (non-hydrogen) atoms. The van der Waals surface area contributed by atoms with Crippen molar-refractivity contribution < 1.29 is 0 Å². The van der Waals surface area contributed by atoms with Crippen LogP contribution >= 0.6 is 11.3 Å². The van der Waals surface area contributed by atoms with Gasteiger partial charge in [0, 0.05) is 16.2 Å². The van der Waals surface area contributed by atoms with Gasteiger partial charge >= 0.3 is 0 Å². The Balaban J connectivity index is 2.64. The molecule has 1 aromatic heterocycles. The van der Waals surface area contributed by atoms with Crippen molar-refractivity contribution in [1.29, 1.82) is 0 Å². The first kappa shape index (κ1) is 11.3. The van der Waals surface area contributed by atoms with Crippen LogP contribution in [0.4, 0.5) is 0 Å². The number of nitrogens with one attached hydrogen (secondary N) is 1. The molecule has 0 saturated heterocycles. The van der Waals surface area contributed by atoms with E-state index in [0.717, 1.165) is 19.3 Å². The number of nitrogens with two attached hydrogens (primary N) is 1. The Hall–Kier alpha value is -0.820. The molecule has 1 rings (SSSR count). The van der Waals surface area contributed by atoms with E-state index >= 15 is 0 Å². The van der Waals surface area contributed by atoms with Crippen molar-refractivity contribution in [2.24, 2.45) is 5.84 Å². The highest BCUT2D eigenvalue weighted by atomic mass is 32.1. The zero-order chi connectivity index (χ0) is 10.4. The molecule has 0 spiro atoms. The third-order valence-electron chi connectivity index (χ3n) is 2.15. The molecular formula is C11H16N2S. The summed E-state index contributed by atoms with van der Waals surface area (Å²) in [6.07, 6.45) is 7.96. The number of rotatable bonds is 5. The van der Waals surface area contributed by atoms with E-state index in [1.54, 1.807) is 11.3 Å². The summed E-state index contributed by atoms with van der Waals surface area (Å²) in [4.78, 5) is 2.67. The second kappa shape index (κ2) is 5.82. The second-order valence-electron chi connectivity index (χ2n) is 3.12. The van der Waals surface area contributed by atoms with Crippen LogP contribution in [0.1, 0.15) is 35.6 Å². The number of hydrazine groups is 1. The van der Waals surface area contributed by atoms with Crippen molar-refractivity contribution in [3.8, 4) is 12.3 Å². The molecule has 1 heterocycles. The molecule has 0 aromatic carbocycles. The lowest BCUT2D eigenvalue weighted by atomic mass is 10.1. The Morgan fingerprint density at radius 2 is 2.43 bits per heavy atom. The van der Waals surface area contributed by atoms with Crippen LogP contribution in [0.5, 0.6) is 0 Å². The minimum atomic E-state index is 0.205. The molecule has 3 N–H and O–H groups in total. The molecule has 0 amide bonds. The van der Waals surface area contributed by atoms with Crippen molar-refractivity contribution in [1.82, 2.24) is 5.43 Å².